The molecule has 1 rings (SSSR count). The first-order chi connectivity index (χ1) is 9.81. The summed E-state index contributed by atoms with van der Waals surface area (Å²) in [4.78, 5) is 11.5. The summed E-state index contributed by atoms with van der Waals surface area (Å²) < 4.78 is 39.8. The van der Waals surface area contributed by atoms with E-state index in [2.05, 4.69) is 15.2 Å². The summed E-state index contributed by atoms with van der Waals surface area (Å²) in [5.74, 6) is -0.447. The third-order valence-electron chi connectivity index (χ3n) is 2.48. The van der Waals surface area contributed by atoms with Crippen LogP contribution in [0.4, 0.5) is 18.9 Å². The zero-order valence-electron chi connectivity index (χ0n) is 11.3. The van der Waals surface area contributed by atoms with E-state index in [-0.39, 0.29) is 13.0 Å². The van der Waals surface area contributed by atoms with Gasteiger partial charge in [0.15, 0.2) is 0 Å². The maximum absolute atomic E-state index is 11.8. The summed E-state index contributed by atoms with van der Waals surface area (Å²) in [6, 6.07) is 6.48. The second-order valence-corrected chi connectivity index (χ2v) is 4.23. The van der Waals surface area contributed by atoms with Gasteiger partial charge in [0.25, 0.3) is 0 Å². The maximum atomic E-state index is 11.8. The van der Waals surface area contributed by atoms with E-state index in [1.54, 1.807) is 31.2 Å². The molecule has 116 valence electrons. The second kappa shape index (κ2) is 7.63. The molecule has 0 saturated carbocycles. The predicted molar refractivity (Wildman–Crippen MR) is 70.6 cm³/mol. The van der Waals surface area contributed by atoms with Gasteiger partial charge in [0.2, 0.25) is 5.91 Å². The van der Waals surface area contributed by atoms with Crippen LogP contribution >= 0.6 is 0 Å². The maximum Gasteiger partial charge on any atom is 0.411 e. The van der Waals surface area contributed by atoms with Gasteiger partial charge >= 0.3 is 6.18 Å². The van der Waals surface area contributed by atoms with Crippen molar-refractivity contribution in [2.75, 3.05) is 18.5 Å². The summed E-state index contributed by atoms with van der Waals surface area (Å²) in [5, 5.41) is 14.2. The second-order valence-electron chi connectivity index (χ2n) is 4.23. The Morgan fingerprint density at radius 1 is 1.33 bits per heavy atom. The molecule has 0 heterocycles. The summed E-state index contributed by atoms with van der Waals surface area (Å²) in [5.41, 5.74) is 1.60. The standard InChI is InChI=1S/C13H15F3N2O3/c1-9(18-20)10-2-4-11(5-3-10)17-12(19)6-7-21-8-13(14,15)16/h2-5,20H,6-8H2,1H3,(H,17,19)/b18-9-. The third kappa shape index (κ3) is 6.75. The molecule has 8 heteroatoms. The topological polar surface area (TPSA) is 70.9 Å². The van der Waals surface area contributed by atoms with E-state index in [1.165, 1.54) is 0 Å². The number of carbonyl (C=O) groups is 1. The zero-order chi connectivity index (χ0) is 15.9. The Morgan fingerprint density at radius 2 is 1.95 bits per heavy atom. The Hall–Kier alpha value is -2.09. The van der Waals surface area contributed by atoms with Crippen LogP contribution in [0.2, 0.25) is 0 Å². The van der Waals surface area contributed by atoms with Crippen LogP contribution in [0.5, 0.6) is 0 Å². The normalized spacial score (nSPS) is 12.3. The van der Waals surface area contributed by atoms with Crippen LogP contribution in [0.3, 0.4) is 0 Å². The quantitative estimate of drug-likeness (QED) is 0.367. The number of ether oxygens (including phenoxy) is 1. The minimum atomic E-state index is -4.39. The van der Waals surface area contributed by atoms with Gasteiger partial charge in [-0.05, 0) is 24.6 Å². The lowest BCUT2D eigenvalue weighted by molar-refractivity contribution is -0.174. The van der Waals surface area contributed by atoms with E-state index in [4.69, 9.17) is 5.21 Å². The SMILES string of the molecule is C/C(=N/O)c1ccc(NC(=O)CCOCC(F)(F)F)cc1. The fourth-order valence-corrected chi connectivity index (χ4v) is 1.43. The van der Waals surface area contributed by atoms with Crippen LogP contribution in [-0.2, 0) is 9.53 Å². The average Bonchev–Trinajstić information content (AvgIpc) is 2.42. The van der Waals surface area contributed by atoms with Crippen molar-refractivity contribution in [3.05, 3.63) is 29.8 Å². The van der Waals surface area contributed by atoms with Gasteiger partial charge in [0.05, 0.1) is 18.7 Å². The lowest BCUT2D eigenvalue weighted by Crippen LogP contribution is -2.20. The Morgan fingerprint density at radius 3 is 2.48 bits per heavy atom. The summed E-state index contributed by atoms with van der Waals surface area (Å²) >= 11 is 0. The van der Waals surface area contributed by atoms with Crippen molar-refractivity contribution in [3.8, 4) is 0 Å². The van der Waals surface area contributed by atoms with Gasteiger partial charge in [0.1, 0.15) is 6.61 Å². The van der Waals surface area contributed by atoms with Crippen LogP contribution in [0, 0.1) is 0 Å². The number of carbonyl (C=O) groups excluding carboxylic acids is 1. The molecule has 5 nitrogen and oxygen atoms in total. The smallest absolute Gasteiger partial charge is 0.411 e. The molecule has 21 heavy (non-hydrogen) atoms. The summed E-state index contributed by atoms with van der Waals surface area (Å²) in [6.07, 6.45) is -4.56. The van der Waals surface area contributed by atoms with E-state index in [1.807, 2.05) is 0 Å². The van der Waals surface area contributed by atoms with Crippen LogP contribution in [0.1, 0.15) is 18.9 Å². The molecule has 0 aliphatic carbocycles. The van der Waals surface area contributed by atoms with Gasteiger partial charge in [-0.1, -0.05) is 17.3 Å². The highest BCUT2D eigenvalue weighted by atomic mass is 19.4. The molecule has 1 aromatic carbocycles. The molecule has 0 aromatic heterocycles. The summed E-state index contributed by atoms with van der Waals surface area (Å²) in [6.45, 7) is -0.0555. The first-order valence-electron chi connectivity index (χ1n) is 6.05. The van der Waals surface area contributed by atoms with Crippen molar-refractivity contribution in [2.24, 2.45) is 5.16 Å². The molecule has 1 aromatic rings. The number of hydrogen-bond acceptors (Lipinski definition) is 4. The van der Waals surface area contributed by atoms with Crippen molar-refractivity contribution in [3.63, 3.8) is 0 Å². The van der Waals surface area contributed by atoms with Gasteiger partial charge in [-0.15, -0.1) is 0 Å². The number of benzene rings is 1. The van der Waals surface area contributed by atoms with Crippen LogP contribution in [0.25, 0.3) is 0 Å². The van der Waals surface area contributed by atoms with Crippen LogP contribution in [0.15, 0.2) is 29.4 Å². The number of amides is 1. The number of hydrogen-bond donors (Lipinski definition) is 2. The lowest BCUT2D eigenvalue weighted by atomic mass is 10.1. The van der Waals surface area contributed by atoms with Crippen molar-refractivity contribution < 1.29 is 27.9 Å². The van der Waals surface area contributed by atoms with Crippen molar-refractivity contribution in [1.82, 2.24) is 0 Å². The van der Waals surface area contributed by atoms with Gasteiger partial charge in [-0.25, -0.2) is 0 Å². The Balaban J connectivity index is 2.38. The molecule has 0 radical (unpaired) electrons. The molecule has 0 spiro atoms. The molecule has 0 unspecified atom stereocenters. The lowest BCUT2D eigenvalue weighted by Gasteiger charge is -2.08. The van der Waals surface area contributed by atoms with Gasteiger partial charge in [0, 0.05) is 5.69 Å². The molecule has 0 aliphatic rings. The monoisotopic (exact) mass is 304 g/mol. The van der Waals surface area contributed by atoms with Crippen molar-refractivity contribution in [1.29, 1.82) is 0 Å². The van der Waals surface area contributed by atoms with Crippen molar-refractivity contribution >= 4 is 17.3 Å². The van der Waals surface area contributed by atoms with Gasteiger partial charge < -0.3 is 15.3 Å². The molecule has 2 N–H and O–H groups in total. The van der Waals surface area contributed by atoms with E-state index in [0.717, 1.165) is 0 Å². The fraction of sp³-hybridized carbons (Fsp3) is 0.385. The molecular weight excluding hydrogens is 289 g/mol. The number of nitrogens with zero attached hydrogens (tertiary/aromatic N) is 1. The number of halogens is 3. The predicted octanol–water partition coefficient (Wildman–Crippen LogP) is 2.79. The molecule has 0 bridgehead atoms. The number of anilines is 1. The molecule has 0 aliphatic heterocycles. The highest BCUT2D eigenvalue weighted by molar-refractivity contribution is 5.99. The first kappa shape index (κ1) is 17.0. The van der Waals surface area contributed by atoms with Crippen LogP contribution < -0.4 is 5.32 Å². The van der Waals surface area contributed by atoms with E-state index in [9.17, 15) is 18.0 Å². The highest BCUT2D eigenvalue weighted by Gasteiger charge is 2.27. The molecule has 0 fully saturated rings. The molecule has 0 saturated heterocycles. The van der Waals surface area contributed by atoms with Crippen molar-refractivity contribution in [2.45, 2.75) is 19.5 Å². The minimum absolute atomic E-state index is 0.172. The molecule has 0 atom stereocenters. The van der Waals surface area contributed by atoms with Crippen LogP contribution in [-0.4, -0.2) is 36.2 Å². The Bertz CT molecular complexity index is 498. The highest BCUT2D eigenvalue weighted by Crippen LogP contribution is 2.14. The number of alkyl halides is 3. The summed E-state index contributed by atoms with van der Waals surface area (Å²) in [7, 11) is 0. The first-order valence-corrected chi connectivity index (χ1v) is 6.05. The molecular formula is C13H15F3N2O3. The van der Waals surface area contributed by atoms with E-state index in [0.29, 0.717) is 17.0 Å². The largest absolute Gasteiger partial charge is 0.411 e. The average molecular weight is 304 g/mol. The number of oxime groups is 1. The zero-order valence-corrected chi connectivity index (χ0v) is 11.3. The fourth-order valence-electron chi connectivity index (χ4n) is 1.43. The number of rotatable bonds is 6. The third-order valence-corrected chi connectivity index (χ3v) is 2.48. The van der Waals surface area contributed by atoms with E-state index < -0.39 is 18.7 Å². The Kier molecular flexibility index (Phi) is 6.16. The van der Waals surface area contributed by atoms with E-state index >= 15 is 0 Å². The van der Waals surface area contributed by atoms with Gasteiger partial charge in [-0.3, -0.25) is 4.79 Å². The number of nitrogens with one attached hydrogen (secondary N) is 1. The van der Waals surface area contributed by atoms with Gasteiger partial charge in [-0.2, -0.15) is 13.2 Å². The minimum Gasteiger partial charge on any atom is -0.411 e. The molecule has 1 amide bonds. The Labute approximate surface area is 119 Å².